The number of hydrogen-bond acceptors (Lipinski definition) is 6. The van der Waals surface area contributed by atoms with Crippen LogP contribution in [0, 0.1) is 13.8 Å². The van der Waals surface area contributed by atoms with Crippen molar-refractivity contribution >= 4 is 10.9 Å². The maximum absolute atomic E-state index is 13.7. The molecule has 1 atom stereocenters. The molecule has 0 aliphatic carbocycles. The number of benzene rings is 2. The minimum Gasteiger partial charge on any atom is -0.468 e. The Morgan fingerprint density at radius 3 is 2.46 bits per heavy atom. The molecule has 1 unspecified atom stereocenters. The number of nitrogens with one attached hydrogen (secondary N) is 1. The van der Waals surface area contributed by atoms with E-state index in [0.717, 1.165) is 27.8 Å². The van der Waals surface area contributed by atoms with Gasteiger partial charge < -0.3 is 9.40 Å². The molecule has 0 aliphatic heterocycles. The molecule has 0 amide bonds. The van der Waals surface area contributed by atoms with Gasteiger partial charge in [0.2, 0.25) is 0 Å². The molecule has 0 spiro atoms. The molecule has 0 aliphatic rings. The molecule has 8 heteroatoms. The number of aromatic nitrogens is 5. The number of hydrogen-bond donors (Lipinski definition) is 1. The van der Waals surface area contributed by atoms with Gasteiger partial charge in [-0.05, 0) is 97.5 Å². The fourth-order valence-electron chi connectivity index (χ4n) is 4.70. The van der Waals surface area contributed by atoms with Crippen molar-refractivity contribution in [3.05, 3.63) is 111 Å². The second-order valence-corrected chi connectivity index (χ2v) is 10.6. The van der Waals surface area contributed by atoms with E-state index in [9.17, 15) is 4.79 Å². The van der Waals surface area contributed by atoms with Crippen LogP contribution in [-0.4, -0.2) is 30.1 Å². The Morgan fingerprint density at radius 2 is 1.76 bits per heavy atom. The Balaban J connectivity index is 1.74. The largest absolute Gasteiger partial charge is 0.468 e. The Morgan fingerprint density at radius 1 is 1.00 bits per heavy atom. The number of nitrogens with zero attached hydrogens (tertiary/aromatic N) is 5. The minimum absolute atomic E-state index is 0.165. The fourth-order valence-corrected chi connectivity index (χ4v) is 4.70. The van der Waals surface area contributed by atoms with Crippen LogP contribution in [0.25, 0.3) is 10.9 Å². The number of tetrazole rings is 1. The Hall–Kier alpha value is -4.04. The van der Waals surface area contributed by atoms with Crippen molar-refractivity contribution < 1.29 is 4.42 Å². The van der Waals surface area contributed by atoms with Crippen molar-refractivity contribution in [1.82, 2.24) is 30.1 Å². The Bertz CT molecular complexity index is 1560. The Labute approximate surface area is 215 Å². The zero-order valence-corrected chi connectivity index (χ0v) is 21.9. The maximum Gasteiger partial charge on any atom is 0.253 e. The van der Waals surface area contributed by atoms with E-state index in [-0.39, 0.29) is 5.56 Å². The molecular weight excluding hydrogens is 464 g/mol. The molecule has 0 saturated carbocycles. The molecule has 3 heterocycles. The van der Waals surface area contributed by atoms with Gasteiger partial charge >= 0.3 is 0 Å². The summed E-state index contributed by atoms with van der Waals surface area (Å²) in [5.74, 6) is 1.39. The highest BCUT2D eigenvalue weighted by atomic mass is 16.3. The van der Waals surface area contributed by atoms with Crippen LogP contribution in [0.1, 0.15) is 60.7 Å². The first kappa shape index (κ1) is 24.6. The van der Waals surface area contributed by atoms with Crippen molar-refractivity contribution in [3.63, 3.8) is 0 Å². The predicted molar refractivity (Wildman–Crippen MR) is 143 cm³/mol. The molecule has 0 radical (unpaired) electrons. The predicted octanol–water partition coefficient (Wildman–Crippen LogP) is 5.27. The van der Waals surface area contributed by atoms with Crippen LogP contribution in [0.2, 0.25) is 0 Å². The van der Waals surface area contributed by atoms with Crippen molar-refractivity contribution in [1.29, 1.82) is 0 Å². The number of H-pyrrole nitrogens is 1. The fraction of sp³-hybridized carbons (Fsp3) is 0.310. The molecule has 0 bridgehead atoms. The molecular formula is C29H32N6O2. The Kier molecular flexibility index (Phi) is 6.52. The standard InChI is InChI=1S/C29H32N6O2/c1-19-14-22-16-24(28(36)30-25(22)15-20(19)2)26(27-31-32-33-35(27)29(3,4)5)34(18-23-12-9-13-37-23)17-21-10-7-6-8-11-21/h6-16,26H,17-18H2,1-5H3,(H,30,36). The average Bonchev–Trinajstić information content (AvgIpc) is 3.54. The summed E-state index contributed by atoms with van der Waals surface area (Å²) >= 11 is 0. The van der Waals surface area contributed by atoms with E-state index >= 15 is 0 Å². The van der Waals surface area contributed by atoms with E-state index in [1.165, 1.54) is 5.56 Å². The third-order valence-electron chi connectivity index (χ3n) is 6.69. The number of fused-ring (bicyclic) bond motifs is 1. The first-order valence-electron chi connectivity index (χ1n) is 12.4. The van der Waals surface area contributed by atoms with Crippen molar-refractivity contribution in [2.75, 3.05) is 0 Å². The molecule has 190 valence electrons. The van der Waals surface area contributed by atoms with Gasteiger partial charge in [-0.25, -0.2) is 4.68 Å². The monoisotopic (exact) mass is 496 g/mol. The first-order valence-corrected chi connectivity index (χ1v) is 12.4. The van der Waals surface area contributed by atoms with Crippen LogP contribution in [0.4, 0.5) is 0 Å². The summed E-state index contributed by atoms with van der Waals surface area (Å²) in [7, 11) is 0. The quantitative estimate of drug-likeness (QED) is 0.330. The molecule has 5 rings (SSSR count). The van der Waals surface area contributed by atoms with Crippen LogP contribution < -0.4 is 5.56 Å². The number of furan rings is 1. The molecule has 8 nitrogen and oxygen atoms in total. The van der Waals surface area contributed by atoms with E-state index < -0.39 is 11.6 Å². The third-order valence-corrected chi connectivity index (χ3v) is 6.69. The summed E-state index contributed by atoms with van der Waals surface area (Å²) < 4.78 is 7.55. The highest BCUT2D eigenvalue weighted by Gasteiger charge is 2.34. The lowest BCUT2D eigenvalue weighted by atomic mass is 9.99. The van der Waals surface area contributed by atoms with Gasteiger partial charge in [-0.1, -0.05) is 30.3 Å². The third kappa shape index (κ3) is 5.11. The molecule has 37 heavy (non-hydrogen) atoms. The number of aryl methyl sites for hydroxylation is 2. The lowest BCUT2D eigenvalue weighted by Gasteiger charge is -2.32. The lowest BCUT2D eigenvalue weighted by molar-refractivity contribution is 0.171. The summed E-state index contributed by atoms with van der Waals surface area (Å²) in [5.41, 5.74) is 4.24. The van der Waals surface area contributed by atoms with Gasteiger partial charge in [0.25, 0.3) is 5.56 Å². The van der Waals surface area contributed by atoms with Crippen LogP contribution in [-0.2, 0) is 18.6 Å². The van der Waals surface area contributed by atoms with Crippen molar-refractivity contribution in [2.45, 2.75) is 59.3 Å². The summed E-state index contributed by atoms with van der Waals surface area (Å²) in [6.07, 6.45) is 1.66. The second-order valence-electron chi connectivity index (χ2n) is 10.6. The maximum atomic E-state index is 13.7. The first-order chi connectivity index (χ1) is 17.7. The summed E-state index contributed by atoms with van der Waals surface area (Å²) in [4.78, 5) is 19.0. The number of aromatic amines is 1. The molecule has 2 aromatic carbocycles. The highest BCUT2D eigenvalue weighted by Crippen LogP contribution is 2.32. The van der Waals surface area contributed by atoms with E-state index in [4.69, 9.17) is 4.42 Å². The number of pyridine rings is 1. The van der Waals surface area contributed by atoms with Crippen molar-refractivity contribution in [2.24, 2.45) is 0 Å². The second kappa shape index (κ2) is 9.78. The van der Waals surface area contributed by atoms with Crippen LogP contribution in [0.3, 0.4) is 0 Å². The van der Waals surface area contributed by atoms with Gasteiger partial charge in [0.1, 0.15) is 11.8 Å². The minimum atomic E-state index is -0.533. The van der Waals surface area contributed by atoms with Gasteiger partial charge in [-0.2, -0.15) is 0 Å². The van der Waals surface area contributed by atoms with Crippen LogP contribution in [0.5, 0.6) is 0 Å². The van der Waals surface area contributed by atoms with E-state index in [1.54, 1.807) is 6.26 Å². The van der Waals surface area contributed by atoms with Gasteiger partial charge in [0, 0.05) is 17.6 Å². The van der Waals surface area contributed by atoms with Crippen LogP contribution in [0.15, 0.2) is 76.1 Å². The lowest BCUT2D eigenvalue weighted by Crippen LogP contribution is -2.37. The van der Waals surface area contributed by atoms with E-state index in [2.05, 4.69) is 71.3 Å². The average molecular weight is 497 g/mol. The van der Waals surface area contributed by atoms with Crippen molar-refractivity contribution in [3.8, 4) is 0 Å². The zero-order valence-electron chi connectivity index (χ0n) is 21.9. The smallest absolute Gasteiger partial charge is 0.253 e. The van der Waals surface area contributed by atoms with Crippen LogP contribution >= 0.6 is 0 Å². The zero-order chi connectivity index (χ0) is 26.2. The van der Waals surface area contributed by atoms with Gasteiger partial charge in [0.05, 0.1) is 18.3 Å². The topological polar surface area (TPSA) is 92.8 Å². The van der Waals surface area contributed by atoms with E-state index in [0.29, 0.717) is 24.5 Å². The highest BCUT2D eigenvalue weighted by molar-refractivity contribution is 5.81. The molecule has 3 aromatic heterocycles. The summed E-state index contributed by atoms with van der Waals surface area (Å²) in [5, 5.41) is 13.8. The van der Waals surface area contributed by atoms with Gasteiger partial charge in [0.15, 0.2) is 5.82 Å². The van der Waals surface area contributed by atoms with Gasteiger partial charge in [-0.3, -0.25) is 9.69 Å². The van der Waals surface area contributed by atoms with Gasteiger partial charge in [-0.15, -0.1) is 5.10 Å². The summed E-state index contributed by atoms with van der Waals surface area (Å²) in [6.45, 7) is 11.3. The van der Waals surface area contributed by atoms with E-state index in [1.807, 2.05) is 54.1 Å². The molecule has 0 saturated heterocycles. The summed E-state index contributed by atoms with van der Waals surface area (Å²) in [6, 6.07) is 19.6. The SMILES string of the molecule is Cc1cc2cc(C(c3nnnn3C(C)(C)C)N(Cc3ccccc3)Cc3ccco3)c(=O)[nH]c2cc1C. The molecule has 5 aromatic rings. The molecule has 0 fully saturated rings. The number of rotatable bonds is 7. The normalized spacial score (nSPS) is 12.9. The molecule has 1 N–H and O–H groups in total.